The fourth-order valence-corrected chi connectivity index (χ4v) is 2.97. The number of ether oxygens (including phenoxy) is 3. The highest BCUT2D eigenvalue weighted by Crippen LogP contribution is 2.27. The van der Waals surface area contributed by atoms with E-state index in [1.54, 1.807) is 69.0 Å². The first kappa shape index (κ1) is 23.6. The van der Waals surface area contributed by atoms with Crippen molar-refractivity contribution in [1.29, 1.82) is 0 Å². The lowest BCUT2D eigenvalue weighted by atomic mass is 10.1. The molecule has 33 heavy (non-hydrogen) atoms. The molecular formula is C24H27N3O6. The normalized spacial score (nSPS) is 11.0. The van der Waals surface area contributed by atoms with E-state index in [2.05, 4.69) is 10.4 Å². The number of nitrogens with zero attached hydrogens (tertiary/aromatic N) is 2. The highest BCUT2D eigenvalue weighted by Gasteiger charge is 2.17. The quantitative estimate of drug-likeness (QED) is 0.493. The molecular weight excluding hydrogens is 426 g/mol. The first-order chi connectivity index (χ1) is 15.7. The molecule has 1 aromatic heterocycles. The zero-order chi connectivity index (χ0) is 24.0. The van der Waals surface area contributed by atoms with E-state index in [4.69, 9.17) is 14.2 Å². The van der Waals surface area contributed by atoms with Gasteiger partial charge < -0.3 is 24.6 Å². The summed E-state index contributed by atoms with van der Waals surface area (Å²) in [5, 5.41) is 16.3. The van der Waals surface area contributed by atoms with E-state index < -0.39 is 17.7 Å². The van der Waals surface area contributed by atoms with E-state index in [9.17, 15) is 14.7 Å². The average Bonchev–Trinajstić information content (AvgIpc) is 3.22. The molecule has 1 amide bonds. The van der Waals surface area contributed by atoms with Gasteiger partial charge in [-0.3, -0.25) is 0 Å². The standard InChI is InChI=1S/C24H27N3O6/c1-24(2,3)33-23(30)25-13-14-32-19-9-5-16(6-10-19)21-15-20(22(28)29)26-27(21)17-7-11-18(31-4)12-8-17/h5-12,15H,13-14H2,1-4H3,(H,25,30)(H,28,29). The van der Waals surface area contributed by atoms with Gasteiger partial charge in [0.25, 0.3) is 0 Å². The molecule has 0 radical (unpaired) electrons. The SMILES string of the molecule is COc1ccc(-n2nc(C(=O)O)cc2-c2ccc(OCCNC(=O)OC(C)(C)C)cc2)cc1. The van der Waals surface area contributed by atoms with E-state index >= 15 is 0 Å². The minimum absolute atomic E-state index is 0.0608. The minimum Gasteiger partial charge on any atom is -0.497 e. The van der Waals surface area contributed by atoms with Crippen LogP contribution in [0, 0.1) is 0 Å². The predicted octanol–water partition coefficient (Wildman–Crippen LogP) is 4.15. The Kier molecular flexibility index (Phi) is 7.22. The number of rotatable bonds is 8. The van der Waals surface area contributed by atoms with Crippen LogP contribution in [0.3, 0.4) is 0 Å². The topological polar surface area (TPSA) is 112 Å². The monoisotopic (exact) mass is 453 g/mol. The number of aromatic nitrogens is 2. The molecule has 0 fully saturated rings. The minimum atomic E-state index is -1.11. The van der Waals surface area contributed by atoms with Crippen molar-refractivity contribution in [1.82, 2.24) is 15.1 Å². The Morgan fingerprint density at radius 1 is 1.03 bits per heavy atom. The molecule has 0 bridgehead atoms. The van der Waals surface area contributed by atoms with Crippen molar-refractivity contribution < 1.29 is 28.9 Å². The molecule has 9 nitrogen and oxygen atoms in total. The summed E-state index contributed by atoms with van der Waals surface area (Å²) in [6.07, 6.45) is -0.498. The molecule has 1 heterocycles. The van der Waals surface area contributed by atoms with Crippen molar-refractivity contribution in [2.45, 2.75) is 26.4 Å². The maximum absolute atomic E-state index is 11.7. The van der Waals surface area contributed by atoms with E-state index in [-0.39, 0.29) is 12.3 Å². The summed E-state index contributed by atoms with van der Waals surface area (Å²) >= 11 is 0. The maximum Gasteiger partial charge on any atom is 0.407 e. The second-order valence-corrected chi connectivity index (χ2v) is 8.13. The van der Waals surface area contributed by atoms with E-state index in [1.165, 1.54) is 6.07 Å². The molecule has 0 spiro atoms. The van der Waals surface area contributed by atoms with Gasteiger partial charge in [0.15, 0.2) is 5.69 Å². The van der Waals surface area contributed by atoms with Crippen LogP contribution in [0.1, 0.15) is 31.3 Å². The molecule has 0 saturated carbocycles. The molecule has 3 aromatic rings. The van der Waals surface area contributed by atoms with Gasteiger partial charge in [-0.15, -0.1) is 0 Å². The molecule has 0 unspecified atom stereocenters. The number of carboxylic acids is 1. The Labute approximate surface area is 191 Å². The van der Waals surface area contributed by atoms with Crippen LogP contribution in [0.2, 0.25) is 0 Å². The number of amides is 1. The van der Waals surface area contributed by atoms with Crippen LogP contribution in [0.4, 0.5) is 4.79 Å². The van der Waals surface area contributed by atoms with Gasteiger partial charge in [-0.25, -0.2) is 14.3 Å². The number of hydrogen-bond donors (Lipinski definition) is 2. The van der Waals surface area contributed by atoms with Crippen LogP contribution in [-0.2, 0) is 4.74 Å². The Hall–Kier alpha value is -4.01. The van der Waals surface area contributed by atoms with Crippen LogP contribution in [0.25, 0.3) is 16.9 Å². The summed E-state index contributed by atoms with van der Waals surface area (Å²) in [7, 11) is 1.58. The van der Waals surface area contributed by atoms with Gasteiger partial charge in [-0.1, -0.05) is 0 Å². The van der Waals surface area contributed by atoms with Gasteiger partial charge in [0.05, 0.1) is 25.0 Å². The van der Waals surface area contributed by atoms with Gasteiger partial charge in [-0.05, 0) is 75.4 Å². The third kappa shape index (κ3) is 6.49. The van der Waals surface area contributed by atoms with E-state index in [1.807, 2.05) is 12.1 Å². The Morgan fingerprint density at radius 3 is 2.24 bits per heavy atom. The first-order valence-electron chi connectivity index (χ1n) is 10.3. The van der Waals surface area contributed by atoms with Crippen LogP contribution >= 0.6 is 0 Å². The summed E-state index contributed by atoms with van der Waals surface area (Å²) in [4.78, 5) is 23.2. The lowest BCUT2D eigenvalue weighted by Crippen LogP contribution is -2.34. The van der Waals surface area contributed by atoms with Crippen molar-refractivity contribution in [2.24, 2.45) is 0 Å². The molecule has 2 aromatic carbocycles. The maximum atomic E-state index is 11.7. The van der Waals surface area contributed by atoms with Crippen LogP contribution in [0.15, 0.2) is 54.6 Å². The summed E-state index contributed by atoms with van der Waals surface area (Å²) in [5.41, 5.74) is 1.47. The molecule has 174 valence electrons. The van der Waals surface area contributed by atoms with Crippen molar-refractivity contribution in [3.63, 3.8) is 0 Å². The van der Waals surface area contributed by atoms with Crippen LogP contribution in [0.5, 0.6) is 11.5 Å². The van der Waals surface area contributed by atoms with Gasteiger partial charge >= 0.3 is 12.1 Å². The number of methoxy groups -OCH3 is 1. The Bertz CT molecular complexity index is 1100. The third-order valence-electron chi connectivity index (χ3n) is 4.43. The van der Waals surface area contributed by atoms with Gasteiger partial charge in [-0.2, -0.15) is 5.10 Å². The summed E-state index contributed by atoms with van der Waals surface area (Å²) in [5.74, 6) is 0.188. The first-order valence-corrected chi connectivity index (χ1v) is 10.3. The number of hydrogen-bond acceptors (Lipinski definition) is 6. The zero-order valence-electron chi connectivity index (χ0n) is 19.0. The van der Waals surface area contributed by atoms with Gasteiger partial charge in [0.1, 0.15) is 23.7 Å². The lowest BCUT2D eigenvalue weighted by Gasteiger charge is -2.19. The predicted molar refractivity (Wildman–Crippen MR) is 122 cm³/mol. The van der Waals surface area contributed by atoms with Crippen LogP contribution < -0.4 is 14.8 Å². The Morgan fingerprint density at radius 2 is 1.67 bits per heavy atom. The van der Waals surface area contributed by atoms with E-state index in [0.717, 1.165) is 5.56 Å². The fraction of sp³-hybridized carbons (Fsp3) is 0.292. The molecule has 0 saturated heterocycles. The number of carbonyl (C=O) groups excluding carboxylic acids is 1. The highest BCUT2D eigenvalue weighted by molar-refractivity contribution is 5.87. The summed E-state index contributed by atoms with van der Waals surface area (Å²) in [6.45, 7) is 5.95. The fourth-order valence-electron chi connectivity index (χ4n) is 2.97. The molecule has 0 aliphatic heterocycles. The molecule has 0 atom stereocenters. The summed E-state index contributed by atoms with van der Waals surface area (Å²) < 4.78 is 17.6. The number of benzene rings is 2. The van der Waals surface area contributed by atoms with Crippen molar-refractivity contribution in [2.75, 3.05) is 20.3 Å². The molecule has 0 aliphatic carbocycles. The molecule has 2 N–H and O–H groups in total. The number of nitrogens with one attached hydrogen (secondary N) is 1. The molecule has 3 rings (SSSR count). The average molecular weight is 453 g/mol. The lowest BCUT2D eigenvalue weighted by molar-refractivity contribution is 0.0519. The van der Waals surface area contributed by atoms with Gasteiger partial charge in [0, 0.05) is 5.56 Å². The summed E-state index contributed by atoms with van der Waals surface area (Å²) in [6, 6.07) is 15.9. The second kappa shape index (κ2) is 10.1. The zero-order valence-corrected chi connectivity index (χ0v) is 19.0. The largest absolute Gasteiger partial charge is 0.497 e. The number of alkyl carbamates (subject to hydrolysis) is 1. The van der Waals surface area contributed by atoms with Crippen molar-refractivity contribution >= 4 is 12.1 Å². The third-order valence-corrected chi connectivity index (χ3v) is 4.43. The highest BCUT2D eigenvalue weighted by atomic mass is 16.6. The number of carboxylic acid groups (broad SMARTS) is 1. The second-order valence-electron chi connectivity index (χ2n) is 8.13. The van der Waals surface area contributed by atoms with Crippen molar-refractivity contribution in [3.8, 4) is 28.4 Å². The Balaban J connectivity index is 1.69. The van der Waals surface area contributed by atoms with E-state index in [0.29, 0.717) is 29.4 Å². The van der Waals surface area contributed by atoms with Gasteiger partial charge in [0.2, 0.25) is 0 Å². The molecule has 9 heteroatoms. The number of aromatic carboxylic acids is 1. The molecule has 0 aliphatic rings. The van der Waals surface area contributed by atoms with Crippen LogP contribution in [-0.4, -0.2) is 52.8 Å². The number of carbonyl (C=O) groups is 2. The smallest absolute Gasteiger partial charge is 0.407 e. The van der Waals surface area contributed by atoms with Crippen molar-refractivity contribution in [3.05, 3.63) is 60.3 Å².